The first-order valence-corrected chi connectivity index (χ1v) is 4.30. The fraction of sp³-hybridized carbons (Fsp3) is 0.625. The first-order valence-electron chi connectivity index (χ1n) is 4.30. The third-order valence-corrected chi connectivity index (χ3v) is 1.64. The maximum absolute atomic E-state index is 8.58. The maximum Gasteiger partial charge on any atom is 0.190 e. The molecule has 1 heterocycles. The number of hydrogen-bond donors (Lipinski definition) is 2. The van der Waals surface area contributed by atoms with Gasteiger partial charge in [-0.05, 0) is 6.92 Å². The van der Waals surface area contributed by atoms with Gasteiger partial charge in [0.25, 0.3) is 0 Å². The summed E-state index contributed by atoms with van der Waals surface area (Å²) in [5.41, 5.74) is 0. The van der Waals surface area contributed by atoms with Gasteiger partial charge in [0.1, 0.15) is 6.61 Å². The molecule has 0 aliphatic rings. The number of hydrogen-bond acceptors (Lipinski definition) is 4. The van der Waals surface area contributed by atoms with Gasteiger partial charge in [0, 0.05) is 13.6 Å². The van der Waals surface area contributed by atoms with Crippen LogP contribution in [-0.4, -0.2) is 35.1 Å². The highest BCUT2D eigenvalue weighted by Crippen LogP contribution is 2.21. The summed E-state index contributed by atoms with van der Waals surface area (Å²) in [6, 6.07) is 0. The Morgan fingerprint density at radius 3 is 3.00 bits per heavy atom. The van der Waals surface area contributed by atoms with E-state index in [9.17, 15) is 0 Å². The van der Waals surface area contributed by atoms with Crippen LogP contribution in [0.4, 0.5) is 5.82 Å². The van der Waals surface area contributed by atoms with Gasteiger partial charge < -0.3 is 15.2 Å². The predicted molar refractivity (Wildman–Crippen MR) is 50.0 cm³/mol. The topological polar surface area (TPSA) is 59.3 Å². The highest BCUT2D eigenvalue weighted by molar-refractivity contribution is 5.48. The van der Waals surface area contributed by atoms with Crippen LogP contribution in [0.5, 0.6) is 5.75 Å². The number of nitrogens with one attached hydrogen (secondary N) is 1. The van der Waals surface area contributed by atoms with Gasteiger partial charge in [0.2, 0.25) is 0 Å². The second kappa shape index (κ2) is 4.71. The van der Waals surface area contributed by atoms with E-state index >= 15 is 0 Å². The van der Waals surface area contributed by atoms with Crippen molar-refractivity contribution in [1.29, 1.82) is 0 Å². The number of aliphatic hydroxyl groups excluding tert-OH is 1. The third kappa shape index (κ3) is 2.35. The molecule has 0 aliphatic heterocycles. The second-order valence-corrected chi connectivity index (χ2v) is 2.52. The van der Waals surface area contributed by atoms with Crippen LogP contribution in [0.2, 0.25) is 0 Å². The zero-order valence-electron chi connectivity index (χ0n) is 7.95. The lowest BCUT2D eigenvalue weighted by atomic mass is 10.5. The lowest BCUT2D eigenvalue weighted by molar-refractivity contribution is 0.202. The van der Waals surface area contributed by atoms with Gasteiger partial charge in [-0.2, -0.15) is 5.10 Å². The fourth-order valence-electron chi connectivity index (χ4n) is 1.000. The standard InChI is InChI=1S/C8H15N3O2/c1-3-11-6-7(13-5-4-12)8(9-2)10-11/h6,12H,3-5H2,1-2H3,(H,9,10). The van der Waals surface area contributed by atoms with Gasteiger partial charge >= 0.3 is 0 Å². The summed E-state index contributed by atoms with van der Waals surface area (Å²) >= 11 is 0. The Hall–Kier alpha value is -1.23. The summed E-state index contributed by atoms with van der Waals surface area (Å²) in [5, 5.41) is 15.7. The van der Waals surface area contributed by atoms with E-state index in [-0.39, 0.29) is 6.61 Å². The minimum absolute atomic E-state index is 0.0143. The number of nitrogens with zero attached hydrogens (tertiary/aromatic N) is 2. The van der Waals surface area contributed by atoms with Gasteiger partial charge in [-0.1, -0.05) is 0 Å². The monoisotopic (exact) mass is 185 g/mol. The summed E-state index contributed by atoms with van der Waals surface area (Å²) in [6.45, 7) is 3.12. The molecule has 0 radical (unpaired) electrons. The van der Waals surface area contributed by atoms with Gasteiger partial charge in [-0.3, -0.25) is 4.68 Å². The minimum Gasteiger partial charge on any atom is -0.486 e. The van der Waals surface area contributed by atoms with E-state index in [1.807, 2.05) is 13.1 Å². The van der Waals surface area contributed by atoms with Crippen LogP contribution in [-0.2, 0) is 6.54 Å². The number of aliphatic hydroxyl groups is 1. The Morgan fingerprint density at radius 1 is 1.69 bits per heavy atom. The summed E-state index contributed by atoms with van der Waals surface area (Å²) < 4.78 is 7.04. The molecular weight excluding hydrogens is 170 g/mol. The fourth-order valence-corrected chi connectivity index (χ4v) is 1.000. The number of aromatic nitrogens is 2. The number of rotatable bonds is 5. The molecule has 0 fully saturated rings. The maximum atomic E-state index is 8.58. The van der Waals surface area contributed by atoms with Crippen LogP contribution in [0, 0.1) is 0 Å². The number of aryl methyl sites for hydroxylation is 1. The molecule has 2 N–H and O–H groups in total. The van der Waals surface area contributed by atoms with Crippen molar-refractivity contribution in [1.82, 2.24) is 9.78 Å². The average molecular weight is 185 g/mol. The third-order valence-electron chi connectivity index (χ3n) is 1.64. The van der Waals surface area contributed by atoms with Gasteiger partial charge in [0.15, 0.2) is 11.6 Å². The van der Waals surface area contributed by atoms with E-state index in [4.69, 9.17) is 9.84 Å². The Morgan fingerprint density at radius 2 is 2.46 bits per heavy atom. The molecular formula is C8H15N3O2. The molecule has 13 heavy (non-hydrogen) atoms. The van der Waals surface area contributed by atoms with E-state index in [0.29, 0.717) is 18.2 Å². The predicted octanol–water partition coefficient (Wildman–Crippen LogP) is 0.316. The Kier molecular flexibility index (Phi) is 3.57. The van der Waals surface area contributed by atoms with Gasteiger partial charge in [-0.25, -0.2) is 0 Å². The van der Waals surface area contributed by atoms with E-state index < -0.39 is 0 Å². The molecule has 0 bridgehead atoms. The molecule has 5 nitrogen and oxygen atoms in total. The first-order chi connectivity index (χ1) is 6.31. The molecule has 0 aliphatic carbocycles. The molecule has 0 unspecified atom stereocenters. The van der Waals surface area contributed by atoms with Crippen molar-refractivity contribution in [3.05, 3.63) is 6.20 Å². The summed E-state index contributed by atoms with van der Waals surface area (Å²) in [4.78, 5) is 0. The number of anilines is 1. The van der Waals surface area contributed by atoms with Crippen LogP contribution < -0.4 is 10.1 Å². The van der Waals surface area contributed by atoms with Crippen molar-refractivity contribution in [3.8, 4) is 5.75 Å². The minimum atomic E-state index is 0.0143. The van der Waals surface area contributed by atoms with Gasteiger partial charge in [-0.15, -0.1) is 0 Å². The van der Waals surface area contributed by atoms with Crippen LogP contribution in [0.15, 0.2) is 6.20 Å². The van der Waals surface area contributed by atoms with Crippen molar-refractivity contribution in [2.45, 2.75) is 13.5 Å². The van der Waals surface area contributed by atoms with E-state index in [1.54, 1.807) is 11.7 Å². The molecule has 0 aromatic carbocycles. The molecule has 74 valence electrons. The molecule has 0 spiro atoms. The van der Waals surface area contributed by atoms with Crippen molar-refractivity contribution >= 4 is 5.82 Å². The Labute approximate surface area is 77.3 Å². The lowest BCUT2D eigenvalue weighted by Gasteiger charge is -2.01. The molecule has 0 saturated heterocycles. The van der Waals surface area contributed by atoms with Crippen molar-refractivity contribution < 1.29 is 9.84 Å². The zero-order chi connectivity index (χ0) is 9.68. The lowest BCUT2D eigenvalue weighted by Crippen LogP contribution is -2.02. The molecule has 0 saturated carbocycles. The zero-order valence-corrected chi connectivity index (χ0v) is 7.95. The quantitative estimate of drug-likeness (QED) is 0.693. The largest absolute Gasteiger partial charge is 0.486 e. The van der Waals surface area contributed by atoms with E-state index in [1.165, 1.54) is 0 Å². The van der Waals surface area contributed by atoms with Crippen molar-refractivity contribution in [2.75, 3.05) is 25.6 Å². The Bertz CT molecular complexity index is 260. The summed E-state index contributed by atoms with van der Waals surface area (Å²) in [5.74, 6) is 1.38. The van der Waals surface area contributed by atoms with Crippen LogP contribution in [0.25, 0.3) is 0 Å². The van der Waals surface area contributed by atoms with Crippen LogP contribution >= 0.6 is 0 Å². The second-order valence-electron chi connectivity index (χ2n) is 2.52. The normalized spacial score (nSPS) is 10.1. The van der Waals surface area contributed by atoms with E-state index in [2.05, 4.69) is 10.4 Å². The van der Waals surface area contributed by atoms with Crippen molar-refractivity contribution in [3.63, 3.8) is 0 Å². The number of ether oxygens (including phenoxy) is 1. The molecule has 0 atom stereocenters. The Balaban J connectivity index is 2.71. The smallest absolute Gasteiger partial charge is 0.190 e. The first kappa shape index (κ1) is 9.85. The van der Waals surface area contributed by atoms with Crippen LogP contribution in [0.1, 0.15) is 6.92 Å². The molecule has 5 heteroatoms. The molecule has 1 aromatic heterocycles. The van der Waals surface area contributed by atoms with Crippen LogP contribution in [0.3, 0.4) is 0 Å². The van der Waals surface area contributed by atoms with E-state index in [0.717, 1.165) is 6.54 Å². The molecule has 1 rings (SSSR count). The van der Waals surface area contributed by atoms with Gasteiger partial charge in [0.05, 0.1) is 12.8 Å². The highest BCUT2D eigenvalue weighted by atomic mass is 16.5. The molecule has 0 amide bonds. The molecule has 1 aromatic rings. The highest BCUT2D eigenvalue weighted by Gasteiger charge is 2.06. The van der Waals surface area contributed by atoms with Crippen molar-refractivity contribution in [2.24, 2.45) is 0 Å². The summed E-state index contributed by atoms with van der Waals surface area (Å²) in [6.07, 6.45) is 1.81. The SMILES string of the molecule is CCn1cc(OCCO)c(NC)n1. The average Bonchev–Trinajstić information content (AvgIpc) is 2.57. The summed E-state index contributed by atoms with van der Waals surface area (Å²) in [7, 11) is 1.79.